The fourth-order valence-corrected chi connectivity index (χ4v) is 2.21. The lowest BCUT2D eigenvalue weighted by molar-refractivity contribution is -0.402. The topological polar surface area (TPSA) is 65.0 Å². The molecule has 0 aliphatic carbocycles. The normalized spacial score (nSPS) is 13.8. The summed E-state index contributed by atoms with van der Waals surface area (Å²) in [6, 6.07) is 8.61. The van der Waals surface area contributed by atoms with Crippen LogP contribution in [0.3, 0.4) is 0 Å². The quantitative estimate of drug-likeness (QED) is 0.473. The Labute approximate surface area is 125 Å². The molecule has 5 heteroatoms. The van der Waals surface area contributed by atoms with Gasteiger partial charge in [0.15, 0.2) is 0 Å². The van der Waals surface area contributed by atoms with E-state index in [2.05, 4.69) is 20.8 Å². The van der Waals surface area contributed by atoms with E-state index in [1.54, 1.807) is 24.3 Å². The van der Waals surface area contributed by atoms with Crippen molar-refractivity contribution < 1.29 is 24.4 Å². The van der Waals surface area contributed by atoms with Gasteiger partial charge in [0.25, 0.3) is 0 Å². The standard InChI is InChI=1S/C16H24O5/c1-15(2,3)11-16(4,5)21-20-14(13(17)18)19-12-9-7-6-8-10-12/h6-10,14H,11H2,1-5H3,(H,17,18). The highest BCUT2D eigenvalue weighted by Gasteiger charge is 2.31. The lowest BCUT2D eigenvalue weighted by Gasteiger charge is -2.31. The first-order valence-corrected chi connectivity index (χ1v) is 6.88. The second-order valence-corrected chi connectivity index (χ2v) is 6.78. The van der Waals surface area contributed by atoms with E-state index in [-0.39, 0.29) is 5.41 Å². The summed E-state index contributed by atoms with van der Waals surface area (Å²) < 4.78 is 5.25. The van der Waals surface area contributed by atoms with E-state index in [0.717, 1.165) is 0 Å². The van der Waals surface area contributed by atoms with Crippen molar-refractivity contribution in [2.45, 2.75) is 52.9 Å². The molecule has 0 radical (unpaired) electrons. The average Bonchev–Trinajstić information content (AvgIpc) is 2.32. The first-order chi connectivity index (χ1) is 9.59. The van der Waals surface area contributed by atoms with Crippen molar-refractivity contribution >= 4 is 5.97 Å². The van der Waals surface area contributed by atoms with E-state index >= 15 is 0 Å². The Balaban J connectivity index is 2.61. The Morgan fingerprint density at radius 1 is 1.14 bits per heavy atom. The van der Waals surface area contributed by atoms with Crippen molar-refractivity contribution in [1.82, 2.24) is 0 Å². The summed E-state index contributed by atoms with van der Waals surface area (Å²) >= 11 is 0. The molecule has 0 saturated carbocycles. The molecule has 0 bridgehead atoms. The van der Waals surface area contributed by atoms with Crippen LogP contribution in [0.2, 0.25) is 0 Å². The molecular formula is C16H24O5. The molecule has 1 aromatic carbocycles. The number of rotatable bonds is 7. The van der Waals surface area contributed by atoms with Gasteiger partial charge in [-0.3, -0.25) is 0 Å². The van der Waals surface area contributed by atoms with E-state index < -0.39 is 17.9 Å². The van der Waals surface area contributed by atoms with Crippen molar-refractivity contribution in [3.63, 3.8) is 0 Å². The summed E-state index contributed by atoms with van der Waals surface area (Å²) in [6.07, 6.45) is -0.802. The Kier molecular flexibility index (Phi) is 5.75. The number of benzene rings is 1. The third-order valence-corrected chi connectivity index (χ3v) is 2.51. The summed E-state index contributed by atoms with van der Waals surface area (Å²) in [5.41, 5.74) is -0.585. The second-order valence-electron chi connectivity index (χ2n) is 6.78. The van der Waals surface area contributed by atoms with Gasteiger partial charge in [0, 0.05) is 0 Å². The molecule has 0 aromatic heterocycles. The SMILES string of the molecule is CC(C)(C)CC(C)(C)OOC(Oc1ccccc1)C(=O)O. The molecule has 5 nitrogen and oxygen atoms in total. The van der Waals surface area contributed by atoms with Crippen LogP contribution in [0.4, 0.5) is 0 Å². The monoisotopic (exact) mass is 296 g/mol. The first-order valence-electron chi connectivity index (χ1n) is 6.88. The summed E-state index contributed by atoms with van der Waals surface area (Å²) in [7, 11) is 0. The minimum absolute atomic E-state index is 0.0336. The van der Waals surface area contributed by atoms with E-state index in [9.17, 15) is 4.79 Å². The summed E-state index contributed by atoms with van der Waals surface area (Å²) in [5, 5.41) is 9.13. The van der Waals surface area contributed by atoms with Crippen molar-refractivity contribution in [1.29, 1.82) is 0 Å². The predicted octanol–water partition coefficient (Wildman–Crippen LogP) is 3.64. The molecule has 0 aliphatic heterocycles. The van der Waals surface area contributed by atoms with Gasteiger partial charge < -0.3 is 9.84 Å². The van der Waals surface area contributed by atoms with E-state index in [0.29, 0.717) is 12.2 Å². The zero-order valence-electron chi connectivity index (χ0n) is 13.3. The molecule has 0 heterocycles. The molecule has 0 amide bonds. The maximum atomic E-state index is 11.2. The first kappa shape index (κ1) is 17.5. The van der Waals surface area contributed by atoms with Crippen molar-refractivity contribution in [3.8, 4) is 5.75 Å². The molecule has 0 saturated heterocycles. The van der Waals surface area contributed by atoms with Crippen molar-refractivity contribution in [3.05, 3.63) is 30.3 Å². The van der Waals surface area contributed by atoms with Crippen molar-refractivity contribution in [2.75, 3.05) is 0 Å². The molecule has 1 unspecified atom stereocenters. The van der Waals surface area contributed by atoms with E-state index in [1.807, 2.05) is 19.9 Å². The lowest BCUT2D eigenvalue weighted by atomic mass is 9.84. The Morgan fingerprint density at radius 3 is 2.19 bits per heavy atom. The zero-order chi connectivity index (χ0) is 16.1. The Bertz CT molecular complexity index is 447. The largest absolute Gasteiger partial charge is 0.477 e. The van der Waals surface area contributed by atoms with Crippen LogP contribution in [-0.4, -0.2) is 23.0 Å². The smallest absolute Gasteiger partial charge is 0.376 e. The minimum Gasteiger partial charge on any atom is -0.477 e. The molecule has 0 spiro atoms. The molecular weight excluding hydrogens is 272 g/mol. The number of hydrogen-bond donors (Lipinski definition) is 1. The van der Waals surface area contributed by atoms with Gasteiger partial charge >= 0.3 is 12.3 Å². The molecule has 21 heavy (non-hydrogen) atoms. The van der Waals surface area contributed by atoms with Gasteiger partial charge in [-0.25, -0.2) is 9.68 Å². The highest BCUT2D eigenvalue weighted by molar-refractivity contribution is 5.71. The Morgan fingerprint density at radius 2 is 1.71 bits per heavy atom. The van der Waals surface area contributed by atoms with Gasteiger partial charge in [0.1, 0.15) is 5.75 Å². The zero-order valence-corrected chi connectivity index (χ0v) is 13.3. The molecule has 0 aliphatic rings. The summed E-state index contributed by atoms with van der Waals surface area (Å²) in [4.78, 5) is 21.5. The van der Waals surface area contributed by atoms with Gasteiger partial charge in [-0.1, -0.05) is 39.0 Å². The predicted molar refractivity (Wildman–Crippen MR) is 78.8 cm³/mol. The third kappa shape index (κ3) is 7.11. The maximum absolute atomic E-state index is 11.2. The van der Waals surface area contributed by atoms with Gasteiger partial charge in [-0.05, 0) is 37.8 Å². The Hall–Kier alpha value is -1.59. The number of ether oxygens (including phenoxy) is 1. The summed E-state index contributed by atoms with van der Waals surface area (Å²) in [6.45, 7) is 9.92. The van der Waals surface area contributed by atoms with Crippen LogP contribution >= 0.6 is 0 Å². The highest BCUT2D eigenvalue weighted by atomic mass is 17.2. The number of carboxylic acids is 1. The average molecular weight is 296 g/mol. The molecule has 1 atom stereocenters. The molecule has 1 aromatic rings. The van der Waals surface area contributed by atoms with Crippen LogP contribution in [0.15, 0.2) is 30.3 Å². The minimum atomic E-state index is -1.51. The second kappa shape index (κ2) is 6.91. The molecule has 118 valence electrons. The molecule has 0 fully saturated rings. The molecule has 1 N–H and O–H groups in total. The van der Waals surface area contributed by atoms with Gasteiger partial charge in [0.2, 0.25) is 0 Å². The van der Waals surface area contributed by atoms with Crippen molar-refractivity contribution in [2.24, 2.45) is 5.41 Å². The highest BCUT2D eigenvalue weighted by Crippen LogP contribution is 2.30. The van der Waals surface area contributed by atoms with Crippen LogP contribution in [0.1, 0.15) is 41.0 Å². The van der Waals surface area contributed by atoms with Crippen LogP contribution in [0.5, 0.6) is 5.75 Å². The fourth-order valence-electron chi connectivity index (χ4n) is 2.21. The number of aliphatic carboxylic acids is 1. The van der Waals surface area contributed by atoms with Gasteiger partial charge in [0.05, 0.1) is 5.60 Å². The van der Waals surface area contributed by atoms with Crippen LogP contribution < -0.4 is 4.74 Å². The number of carboxylic acid groups (broad SMARTS) is 1. The van der Waals surface area contributed by atoms with E-state index in [4.69, 9.17) is 19.6 Å². The number of hydrogen-bond acceptors (Lipinski definition) is 4. The summed E-state index contributed by atoms with van der Waals surface area (Å²) in [5.74, 6) is -0.840. The van der Waals surface area contributed by atoms with Crippen LogP contribution in [0.25, 0.3) is 0 Å². The van der Waals surface area contributed by atoms with Crippen LogP contribution in [0, 0.1) is 5.41 Å². The van der Waals surface area contributed by atoms with Crippen LogP contribution in [-0.2, 0) is 14.6 Å². The fraction of sp³-hybridized carbons (Fsp3) is 0.562. The lowest BCUT2D eigenvalue weighted by Crippen LogP contribution is -2.37. The molecule has 1 rings (SSSR count). The van der Waals surface area contributed by atoms with E-state index in [1.165, 1.54) is 0 Å². The van der Waals surface area contributed by atoms with Gasteiger partial charge in [-0.15, -0.1) is 0 Å². The maximum Gasteiger partial charge on any atom is 0.376 e. The third-order valence-electron chi connectivity index (χ3n) is 2.51. The number of carbonyl (C=O) groups is 1. The number of para-hydroxylation sites is 1. The van der Waals surface area contributed by atoms with Gasteiger partial charge in [-0.2, -0.15) is 4.89 Å².